The summed E-state index contributed by atoms with van der Waals surface area (Å²) in [5, 5.41) is 8.79. The minimum absolute atomic E-state index is 0.338. The Morgan fingerprint density at radius 3 is 1.75 bits per heavy atom. The van der Waals surface area contributed by atoms with E-state index in [1.54, 1.807) is 0 Å². The average Bonchev–Trinajstić information content (AvgIpc) is 2.64. The molecule has 0 spiro atoms. The van der Waals surface area contributed by atoms with Gasteiger partial charge in [-0.1, -0.05) is 103 Å². The van der Waals surface area contributed by atoms with Crippen LogP contribution < -0.4 is 0 Å². The Kier molecular flexibility index (Phi) is 20.1. The summed E-state index contributed by atoms with van der Waals surface area (Å²) in [6.07, 6.45) is 27.3. The lowest BCUT2D eigenvalue weighted by Gasteiger charge is -2.24. The van der Waals surface area contributed by atoms with Crippen molar-refractivity contribution in [2.45, 2.75) is 142 Å². The van der Waals surface area contributed by atoms with Crippen molar-refractivity contribution in [1.82, 2.24) is 0 Å². The molecule has 0 saturated carbocycles. The number of aliphatic hydroxyl groups excluding tert-OH is 1. The molecular weight excluding hydrogens is 360 g/mol. The molecule has 1 N–H and O–H groups in total. The Bertz CT molecular complexity index is 336. The zero-order valence-electron chi connectivity index (χ0n) is 19.8. The molecule has 0 bridgehead atoms. The third-order valence-corrected chi connectivity index (χ3v) is 6.24. The van der Waals surface area contributed by atoms with Crippen LogP contribution in [0.5, 0.6) is 0 Å². The van der Waals surface area contributed by atoms with E-state index in [4.69, 9.17) is 9.53 Å². The lowest BCUT2D eigenvalue weighted by molar-refractivity contribution is 0.226. The summed E-state index contributed by atoms with van der Waals surface area (Å²) in [5.41, 5.74) is 0. The molecule has 2 nitrogen and oxygen atoms in total. The molecule has 0 aromatic heterocycles. The van der Waals surface area contributed by atoms with E-state index in [0.29, 0.717) is 12.7 Å². The van der Waals surface area contributed by atoms with Crippen LogP contribution in [-0.4, -0.2) is 26.1 Å². The predicted molar refractivity (Wildman–Crippen MR) is 129 cm³/mol. The van der Waals surface area contributed by atoms with Crippen LogP contribution in [-0.2, 0) is 4.43 Å². The minimum Gasteiger partial charge on any atom is -0.411 e. The Hall–Kier alpha value is -0.123. The number of aliphatic hydroxyl groups is 1. The summed E-state index contributed by atoms with van der Waals surface area (Å²) in [5.74, 6) is 0. The van der Waals surface area contributed by atoms with Gasteiger partial charge in [0.15, 0.2) is 8.32 Å². The van der Waals surface area contributed by atoms with Gasteiger partial charge in [-0.25, -0.2) is 0 Å². The van der Waals surface area contributed by atoms with E-state index < -0.39 is 8.32 Å². The molecule has 0 aliphatic heterocycles. The minimum atomic E-state index is -1.48. The average molecular weight is 413 g/mol. The highest BCUT2D eigenvalue weighted by molar-refractivity contribution is 6.69. The third-order valence-electron chi connectivity index (χ3n) is 5.23. The fourth-order valence-electron chi connectivity index (χ4n) is 3.63. The molecule has 0 aliphatic rings. The van der Waals surface area contributed by atoms with Gasteiger partial charge >= 0.3 is 0 Å². The third kappa shape index (κ3) is 22.2. The van der Waals surface area contributed by atoms with Gasteiger partial charge in [0.1, 0.15) is 0 Å². The maximum atomic E-state index is 8.79. The Balaban J connectivity index is 3.83. The van der Waals surface area contributed by atoms with Gasteiger partial charge < -0.3 is 9.53 Å². The van der Waals surface area contributed by atoms with Gasteiger partial charge in [-0.05, 0) is 45.3 Å². The van der Waals surface area contributed by atoms with Crippen LogP contribution in [0, 0.1) is 0 Å². The molecular formula is C25H52O2Si. The van der Waals surface area contributed by atoms with E-state index in [1.807, 2.05) is 0 Å². The first-order valence-electron chi connectivity index (χ1n) is 12.4. The first-order chi connectivity index (χ1) is 13.5. The second-order valence-corrected chi connectivity index (χ2v) is 13.9. The second kappa shape index (κ2) is 20.2. The number of rotatable bonds is 21. The van der Waals surface area contributed by atoms with E-state index >= 15 is 0 Å². The number of unbranched alkanes of at least 4 members (excludes halogenated alkanes) is 14. The SMILES string of the molecule is CCCCCCCC/C=C/C(CCCCCCCCCCCO)O[Si](C)(C)C. The van der Waals surface area contributed by atoms with Crippen molar-refractivity contribution in [3.63, 3.8) is 0 Å². The molecule has 0 amide bonds. The van der Waals surface area contributed by atoms with Crippen molar-refractivity contribution >= 4 is 8.32 Å². The van der Waals surface area contributed by atoms with E-state index in [9.17, 15) is 0 Å². The Labute approximate surface area is 178 Å². The molecule has 0 heterocycles. The van der Waals surface area contributed by atoms with Gasteiger partial charge in [-0.15, -0.1) is 0 Å². The van der Waals surface area contributed by atoms with Crippen LogP contribution in [0.25, 0.3) is 0 Å². The lowest BCUT2D eigenvalue weighted by Crippen LogP contribution is -2.31. The first-order valence-corrected chi connectivity index (χ1v) is 15.9. The largest absolute Gasteiger partial charge is 0.411 e. The summed E-state index contributed by atoms with van der Waals surface area (Å²) >= 11 is 0. The molecule has 0 fully saturated rings. The van der Waals surface area contributed by atoms with E-state index in [2.05, 4.69) is 38.7 Å². The highest BCUT2D eigenvalue weighted by Gasteiger charge is 2.19. The fraction of sp³-hybridized carbons (Fsp3) is 0.920. The highest BCUT2D eigenvalue weighted by atomic mass is 28.4. The van der Waals surface area contributed by atoms with Crippen LogP contribution >= 0.6 is 0 Å². The summed E-state index contributed by atoms with van der Waals surface area (Å²) in [4.78, 5) is 0. The smallest absolute Gasteiger partial charge is 0.184 e. The Morgan fingerprint density at radius 2 is 1.21 bits per heavy atom. The van der Waals surface area contributed by atoms with Crippen molar-refractivity contribution in [2.75, 3.05) is 6.61 Å². The van der Waals surface area contributed by atoms with E-state index in [0.717, 1.165) is 6.42 Å². The molecule has 0 aromatic carbocycles. The van der Waals surface area contributed by atoms with Gasteiger partial charge in [0.05, 0.1) is 6.10 Å². The van der Waals surface area contributed by atoms with Gasteiger partial charge in [0.25, 0.3) is 0 Å². The van der Waals surface area contributed by atoms with Crippen molar-refractivity contribution < 1.29 is 9.53 Å². The van der Waals surface area contributed by atoms with Crippen molar-refractivity contribution in [3.8, 4) is 0 Å². The number of allylic oxidation sites excluding steroid dienone is 1. The molecule has 28 heavy (non-hydrogen) atoms. The summed E-state index contributed by atoms with van der Waals surface area (Å²) < 4.78 is 6.41. The quantitative estimate of drug-likeness (QED) is 0.116. The molecule has 3 heteroatoms. The van der Waals surface area contributed by atoms with Gasteiger partial charge in [-0.3, -0.25) is 0 Å². The number of hydrogen-bond acceptors (Lipinski definition) is 2. The topological polar surface area (TPSA) is 29.5 Å². The van der Waals surface area contributed by atoms with Gasteiger partial charge in [0.2, 0.25) is 0 Å². The fourth-order valence-corrected chi connectivity index (χ4v) is 4.74. The van der Waals surface area contributed by atoms with Crippen molar-refractivity contribution in [2.24, 2.45) is 0 Å². The Morgan fingerprint density at radius 1 is 0.714 bits per heavy atom. The van der Waals surface area contributed by atoms with Crippen LogP contribution in [0.2, 0.25) is 19.6 Å². The first kappa shape index (κ1) is 27.9. The molecule has 168 valence electrons. The van der Waals surface area contributed by atoms with Gasteiger partial charge in [-0.2, -0.15) is 0 Å². The predicted octanol–water partition coefficient (Wildman–Crippen LogP) is 8.41. The zero-order valence-corrected chi connectivity index (χ0v) is 20.8. The van der Waals surface area contributed by atoms with Crippen LogP contribution in [0.15, 0.2) is 12.2 Å². The zero-order chi connectivity index (χ0) is 20.9. The van der Waals surface area contributed by atoms with Crippen molar-refractivity contribution in [3.05, 3.63) is 12.2 Å². The van der Waals surface area contributed by atoms with E-state index in [-0.39, 0.29) is 0 Å². The summed E-state index contributed by atoms with van der Waals surface area (Å²) in [6, 6.07) is 0. The molecule has 1 atom stereocenters. The van der Waals surface area contributed by atoms with Gasteiger partial charge in [0, 0.05) is 6.61 Å². The maximum Gasteiger partial charge on any atom is 0.184 e. The highest BCUT2D eigenvalue weighted by Crippen LogP contribution is 2.17. The summed E-state index contributed by atoms with van der Waals surface area (Å²) in [7, 11) is -1.48. The maximum absolute atomic E-state index is 8.79. The molecule has 1 unspecified atom stereocenters. The van der Waals surface area contributed by atoms with Crippen molar-refractivity contribution in [1.29, 1.82) is 0 Å². The molecule has 0 rings (SSSR count). The molecule has 0 radical (unpaired) electrons. The standard InChI is InChI=1S/C25H52O2Si/c1-5-6-7-8-9-13-16-19-22-25(27-28(2,3)4)23-20-17-14-11-10-12-15-18-21-24-26/h19,22,25-26H,5-18,20-21,23-24H2,1-4H3/b22-19+. The monoisotopic (exact) mass is 412 g/mol. The lowest BCUT2D eigenvalue weighted by atomic mass is 10.0. The molecule has 0 aliphatic carbocycles. The molecule has 0 aromatic rings. The molecule has 0 saturated heterocycles. The van der Waals surface area contributed by atoms with E-state index in [1.165, 1.54) is 103 Å². The van der Waals surface area contributed by atoms with Crippen LogP contribution in [0.1, 0.15) is 116 Å². The summed E-state index contributed by atoms with van der Waals surface area (Å²) in [6.45, 7) is 9.55. The second-order valence-electron chi connectivity index (χ2n) is 9.45. The normalized spacial score (nSPS) is 13.5. The van der Waals surface area contributed by atoms with Crippen LogP contribution in [0.3, 0.4) is 0 Å². The number of hydrogen-bond donors (Lipinski definition) is 1. The van der Waals surface area contributed by atoms with Crippen LogP contribution in [0.4, 0.5) is 0 Å².